The lowest BCUT2D eigenvalue weighted by Crippen LogP contribution is -2.23. The summed E-state index contributed by atoms with van der Waals surface area (Å²) < 4.78 is 22.8. The molecule has 0 aromatic carbocycles. The molecule has 6 aromatic heterocycles. The van der Waals surface area contributed by atoms with Crippen molar-refractivity contribution in [1.82, 2.24) is 59.8 Å². The smallest absolute Gasteiger partial charge is 0.438 e. The lowest BCUT2D eigenvalue weighted by atomic mass is 10.1. The highest BCUT2D eigenvalue weighted by molar-refractivity contribution is 7.05. The molecule has 6 rings (SSSR count). The predicted molar refractivity (Wildman–Crippen MR) is 303 cm³/mol. The van der Waals surface area contributed by atoms with E-state index in [1.807, 2.05) is 74.6 Å². The van der Waals surface area contributed by atoms with Crippen LogP contribution >= 0.6 is 23.3 Å². The van der Waals surface area contributed by atoms with Gasteiger partial charge >= 0.3 is 5.76 Å². The van der Waals surface area contributed by atoms with Crippen molar-refractivity contribution >= 4 is 35.1 Å². The van der Waals surface area contributed by atoms with E-state index in [1.54, 1.807) is 40.0 Å². The third kappa shape index (κ3) is 37.6. The largest absolute Gasteiger partial charge is 0.502 e. The number of aromatic nitrogens is 10. The summed E-state index contributed by atoms with van der Waals surface area (Å²) >= 11 is 2.53. The Kier molecular flexibility index (Phi) is 52.4. The predicted octanol–water partition coefficient (Wildman–Crippen LogP) is 10.1. The Hall–Kier alpha value is -7.05. The van der Waals surface area contributed by atoms with Crippen LogP contribution in [0.3, 0.4) is 0 Å². The van der Waals surface area contributed by atoms with Gasteiger partial charge in [-0.15, -0.1) is 10.2 Å². The molecule has 9 N–H and O–H groups in total. The average Bonchev–Trinajstić information content (AvgIpc) is 4.16. The molecule has 0 bridgehead atoms. The van der Waals surface area contributed by atoms with E-state index < -0.39 is 5.76 Å². The molecule has 6 aromatic rings. The number of nitrogens with one attached hydrogen (secondary N) is 7. The van der Waals surface area contributed by atoms with Gasteiger partial charge in [-0.2, -0.15) is 20.0 Å². The van der Waals surface area contributed by atoms with Crippen molar-refractivity contribution in [3.8, 4) is 11.9 Å². The number of nitriles is 1. The van der Waals surface area contributed by atoms with Gasteiger partial charge in [-0.3, -0.25) is 57.5 Å². The van der Waals surface area contributed by atoms with Crippen LogP contribution in [0.4, 0.5) is 0 Å². The average molecular weight is 1120 g/mol. The first-order valence-electron chi connectivity index (χ1n) is 21.7. The van der Waals surface area contributed by atoms with Gasteiger partial charge in [0.1, 0.15) is 17.7 Å². The van der Waals surface area contributed by atoms with Gasteiger partial charge in [-0.25, -0.2) is 10.3 Å². The topological polar surface area (TPSA) is 391 Å². The van der Waals surface area contributed by atoms with Crippen molar-refractivity contribution in [3.63, 3.8) is 0 Å². The Morgan fingerprint density at radius 1 is 0.711 bits per heavy atom. The highest BCUT2D eigenvalue weighted by atomic mass is 32.1. The van der Waals surface area contributed by atoms with Crippen LogP contribution < -0.4 is 38.7 Å². The number of tetrazole rings is 1. The minimum atomic E-state index is -0.487. The number of hydroxylamine groups is 1. The van der Waals surface area contributed by atoms with Gasteiger partial charge in [0, 0.05) is 69.8 Å². The molecule has 0 unspecified atom stereocenters. The van der Waals surface area contributed by atoms with E-state index in [9.17, 15) is 33.6 Å². The molecule has 25 nitrogen and oxygen atoms in total. The fourth-order valence-corrected chi connectivity index (χ4v) is 5.10. The molecule has 0 atom stereocenters. The van der Waals surface area contributed by atoms with E-state index >= 15 is 0 Å². The van der Waals surface area contributed by atoms with E-state index in [0.717, 1.165) is 28.7 Å². The van der Waals surface area contributed by atoms with Crippen LogP contribution in [0.15, 0.2) is 62.1 Å². The van der Waals surface area contributed by atoms with Crippen molar-refractivity contribution in [2.24, 2.45) is 11.8 Å². The van der Waals surface area contributed by atoms with Gasteiger partial charge in [0.15, 0.2) is 23.6 Å². The Morgan fingerprint density at radius 2 is 1.28 bits per heavy atom. The Balaban J connectivity index is -0.000000115. The summed E-state index contributed by atoms with van der Waals surface area (Å²) in [6.07, 6.45) is 3.95. The number of carbonyl (C=O) groups is 2. The minimum Gasteiger partial charge on any atom is -0.502 e. The second-order valence-electron chi connectivity index (χ2n) is 16.8. The van der Waals surface area contributed by atoms with Gasteiger partial charge in [0.2, 0.25) is 17.2 Å². The lowest BCUT2D eigenvalue weighted by Gasteiger charge is -2.01. The Morgan fingerprint density at radius 3 is 1.49 bits per heavy atom. The molecule has 27 heteroatoms. The number of hydrogen-bond donors (Lipinski definition) is 9. The van der Waals surface area contributed by atoms with E-state index in [2.05, 4.69) is 67.4 Å². The molecule has 0 aliphatic carbocycles. The van der Waals surface area contributed by atoms with Crippen molar-refractivity contribution in [2.45, 2.75) is 191 Å². The van der Waals surface area contributed by atoms with E-state index in [-0.39, 0.29) is 120 Å². The Labute approximate surface area is 456 Å². The summed E-state index contributed by atoms with van der Waals surface area (Å²) in [5.41, 5.74) is 2.13. The van der Waals surface area contributed by atoms with Gasteiger partial charge in [-0.05, 0) is 11.8 Å². The van der Waals surface area contributed by atoms with E-state index in [1.165, 1.54) is 29.3 Å². The fourth-order valence-electron chi connectivity index (χ4n) is 3.80. The van der Waals surface area contributed by atoms with Crippen molar-refractivity contribution in [3.05, 3.63) is 110 Å². The third-order valence-corrected chi connectivity index (χ3v) is 9.69. The van der Waals surface area contributed by atoms with Crippen LogP contribution in [0.2, 0.25) is 0 Å². The van der Waals surface area contributed by atoms with Crippen LogP contribution in [-0.2, 0) is 9.59 Å². The number of carbonyl (C=O) groups excluding carboxylic acids is 2. The number of nitrogens with zero attached hydrogens (tertiary/aromatic N) is 6. The molecule has 438 valence electrons. The second kappa shape index (κ2) is 46.5. The number of hydrogen-bond acceptors (Lipinski definition) is 20. The quantitative estimate of drug-likeness (QED) is 0.0296. The summed E-state index contributed by atoms with van der Waals surface area (Å²) in [6.45, 7) is 30.4. The van der Waals surface area contributed by atoms with Gasteiger partial charge in [-0.1, -0.05) is 177 Å². The first-order valence-corrected chi connectivity index (χ1v) is 23.3. The van der Waals surface area contributed by atoms with Crippen molar-refractivity contribution in [2.75, 3.05) is 0 Å². The Bertz CT molecular complexity index is 2530. The standard InChI is InChI=1S/C8H10O3.C6H9NO2.C6H9NOS.C5H8N2O2.C5H8N2OS.C5H8N2O.C4H8N4.C4H9NO2.6CH4/c1-5(2)6-3-11-4-7(9)8(6)10;2*1-4(2)5-3-6(8)7-9-5;1-3(2)4-6-5(8)9-7-4;1-3(2)4-5(8)7-9-6-4;1-4(2)5(8)7-3-6;1-3(2)4-5-7-8-6-4;1-3(2)4(6)5-7;;;;;;/h3-5,9H,1-2H3;2*3-4H,1-2H3,(H,7,8);3H,1-2H3,(H,6,7,8);3H,1-2H3,(H,7,8);4H,1-2H3,(H,7,8);3H,1-2H3,(H,5,6,7,8);3,7H,1-2H3,(H,5,6);6*1H4. The molecule has 0 saturated carbocycles. The van der Waals surface area contributed by atoms with Crippen LogP contribution in [-0.4, -0.2) is 71.2 Å². The molecule has 0 saturated heterocycles. The van der Waals surface area contributed by atoms with Crippen LogP contribution in [0.1, 0.15) is 224 Å². The number of aromatic amines is 5. The molecule has 6 heterocycles. The summed E-state index contributed by atoms with van der Waals surface area (Å²) in [4.78, 5) is 77.3. The van der Waals surface area contributed by atoms with Gasteiger partial charge in [0.25, 0.3) is 16.7 Å². The molecule has 0 radical (unpaired) electrons. The normalized spacial score (nSPS) is 9.32. The van der Waals surface area contributed by atoms with Crippen molar-refractivity contribution in [1.29, 1.82) is 5.26 Å². The minimum absolute atomic E-state index is 0. The van der Waals surface area contributed by atoms with Gasteiger partial charge < -0.3 is 14.0 Å². The van der Waals surface area contributed by atoms with Crippen molar-refractivity contribution < 1.29 is 33.4 Å². The zero-order chi connectivity index (χ0) is 54.3. The SMILES string of the molecule is C.C.C.C.C.C.CC(C)C(=O)NC#N.CC(C)C(=O)NO.CC(C)c1cc(=O)[nH]o1.CC(C)c1cc(=O)[nH]s1.CC(C)c1cocc(O)c1=O.CC(C)c1nn[nH]n1.CC(C)c1noc(=O)[nH]1.CC(C)c1ns[nH]c1=O. The number of amides is 2. The lowest BCUT2D eigenvalue weighted by molar-refractivity contribution is -0.132. The summed E-state index contributed by atoms with van der Waals surface area (Å²) in [7, 11) is 0. The highest BCUT2D eigenvalue weighted by Crippen LogP contribution is 2.15. The fraction of sp³-hybridized carbons (Fsp3) is 0.612. The third-order valence-electron chi connectivity index (χ3n) is 8.00. The highest BCUT2D eigenvalue weighted by Gasteiger charge is 2.09. The van der Waals surface area contributed by atoms with Gasteiger partial charge in [0.05, 0.1) is 6.26 Å². The first kappa shape index (κ1) is 85.7. The molecule has 76 heavy (non-hydrogen) atoms. The summed E-state index contributed by atoms with van der Waals surface area (Å²) in [5, 5.41) is 45.8. The molecule has 0 fully saturated rings. The molecule has 2 amide bonds. The molecule has 0 aliphatic rings. The maximum atomic E-state index is 11.1. The summed E-state index contributed by atoms with van der Waals surface area (Å²) in [5.74, 6) is 2.11. The molecule has 0 spiro atoms. The van der Waals surface area contributed by atoms with Crippen LogP contribution in [0.25, 0.3) is 0 Å². The summed E-state index contributed by atoms with van der Waals surface area (Å²) in [6, 6.07) is 3.11. The number of H-pyrrole nitrogens is 5. The van der Waals surface area contributed by atoms with E-state index in [4.69, 9.17) is 24.5 Å². The van der Waals surface area contributed by atoms with Crippen LogP contribution in [0.5, 0.6) is 5.75 Å². The zero-order valence-corrected chi connectivity index (χ0v) is 44.0. The number of aromatic hydroxyl groups is 1. The zero-order valence-electron chi connectivity index (χ0n) is 42.4. The van der Waals surface area contributed by atoms with Crippen LogP contribution in [0, 0.1) is 23.3 Å². The maximum Gasteiger partial charge on any atom is 0.438 e. The monoisotopic (exact) mass is 1120 g/mol. The maximum absolute atomic E-state index is 11.1. The number of rotatable bonds is 8. The second-order valence-corrected chi connectivity index (χ2v) is 18.3. The molecular weight excluding hydrogens is 1030 g/mol. The van der Waals surface area contributed by atoms with E-state index in [0.29, 0.717) is 34.7 Å². The molecular formula is C49H93N13O12S2. The first-order chi connectivity index (χ1) is 32.6. The molecule has 0 aliphatic heterocycles.